The number of pyridine rings is 2. The van der Waals surface area contributed by atoms with Gasteiger partial charge in [0.1, 0.15) is 0 Å². The highest BCUT2D eigenvalue weighted by molar-refractivity contribution is 5.57. The number of nitrogens with zero attached hydrogens (tertiary/aromatic N) is 2. The van der Waals surface area contributed by atoms with Gasteiger partial charge in [0, 0.05) is 12.4 Å². The molecular formula is C15H22N2. The average molecular weight is 230 g/mol. The van der Waals surface area contributed by atoms with Gasteiger partial charge in [0.25, 0.3) is 0 Å². The molecule has 0 spiro atoms. The van der Waals surface area contributed by atoms with Gasteiger partial charge in [0.2, 0.25) is 0 Å². The molecule has 0 saturated heterocycles. The van der Waals surface area contributed by atoms with Crippen molar-refractivity contribution < 1.29 is 0 Å². The number of hydrogen-bond acceptors (Lipinski definition) is 2. The Morgan fingerprint density at radius 1 is 0.765 bits per heavy atom. The van der Waals surface area contributed by atoms with Crippen LogP contribution in [0, 0.1) is 6.92 Å². The summed E-state index contributed by atoms with van der Waals surface area (Å²) in [6.07, 6.45) is 3.57. The predicted molar refractivity (Wildman–Crippen MR) is 74.9 cm³/mol. The molecule has 0 amide bonds. The van der Waals surface area contributed by atoms with Crippen molar-refractivity contribution in [3.05, 3.63) is 48.3 Å². The third-order valence-corrected chi connectivity index (χ3v) is 1.92. The molecule has 0 bridgehead atoms. The highest BCUT2D eigenvalue weighted by atomic mass is 14.8. The molecule has 0 aliphatic rings. The van der Waals surface area contributed by atoms with Crippen LogP contribution in [-0.2, 0) is 0 Å². The third kappa shape index (κ3) is 4.77. The molecule has 2 rings (SSSR count). The summed E-state index contributed by atoms with van der Waals surface area (Å²) in [5.74, 6) is 0. The lowest BCUT2D eigenvalue weighted by atomic mass is 10.1. The maximum absolute atomic E-state index is 4.29. The van der Waals surface area contributed by atoms with E-state index in [1.165, 1.54) is 0 Å². The van der Waals surface area contributed by atoms with Crippen LogP contribution in [-0.4, -0.2) is 9.97 Å². The van der Waals surface area contributed by atoms with Crippen molar-refractivity contribution in [2.24, 2.45) is 0 Å². The van der Waals surface area contributed by atoms with E-state index in [0.29, 0.717) is 0 Å². The maximum atomic E-state index is 4.29. The van der Waals surface area contributed by atoms with Crippen molar-refractivity contribution in [1.29, 1.82) is 0 Å². The molecule has 0 aliphatic carbocycles. The first-order chi connectivity index (χ1) is 8.38. The minimum absolute atomic E-state index is 0.931. The number of aryl methyl sites for hydroxylation is 1. The van der Waals surface area contributed by atoms with Gasteiger partial charge < -0.3 is 0 Å². The Balaban J connectivity index is 0.000000581. The van der Waals surface area contributed by atoms with Crippen LogP contribution < -0.4 is 0 Å². The van der Waals surface area contributed by atoms with Crippen LogP contribution >= 0.6 is 0 Å². The molecule has 2 aromatic heterocycles. The van der Waals surface area contributed by atoms with Gasteiger partial charge in [-0.25, -0.2) is 0 Å². The van der Waals surface area contributed by atoms with Gasteiger partial charge in [0.15, 0.2) is 0 Å². The maximum Gasteiger partial charge on any atom is 0.0915 e. The Hall–Kier alpha value is -1.70. The zero-order valence-corrected chi connectivity index (χ0v) is 11.4. The number of aromatic nitrogens is 2. The molecule has 92 valence electrons. The summed E-state index contributed by atoms with van der Waals surface area (Å²) in [6.45, 7) is 10.0. The fourth-order valence-corrected chi connectivity index (χ4v) is 1.26. The second kappa shape index (κ2) is 9.52. The number of hydrogen-bond donors (Lipinski definition) is 0. The van der Waals surface area contributed by atoms with Crippen molar-refractivity contribution in [3.8, 4) is 11.4 Å². The Labute approximate surface area is 105 Å². The van der Waals surface area contributed by atoms with Crippen molar-refractivity contribution in [1.82, 2.24) is 9.97 Å². The minimum Gasteiger partial charge on any atom is -0.255 e. The molecule has 0 N–H and O–H groups in total. The second-order valence-corrected chi connectivity index (χ2v) is 2.88. The Morgan fingerprint density at radius 3 is 1.94 bits per heavy atom. The van der Waals surface area contributed by atoms with Crippen molar-refractivity contribution in [3.63, 3.8) is 0 Å². The van der Waals surface area contributed by atoms with E-state index in [2.05, 4.69) is 9.97 Å². The number of rotatable bonds is 1. The predicted octanol–water partition coefficient (Wildman–Crippen LogP) is 4.50. The van der Waals surface area contributed by atoms with E-state index >= 15 is 0 Å². The minimum atomic E-state index is 0.931. The van der Waals surface area contributed by atoms with Crippen LogP contribution in [0.2, 0.25) is 0 Å². The zero-order valence-electron chi connectivity index (χ0n) is 11.4. The van der Waals surface area contributed by atoms with Crippen molar-refractivity contribution in [2.75, 3.05) is 0 Å². The molecule has 0 aromatic carbocycles. The van der Waals surface area contributed by atoms with E-state index in [4.69, 9.17) is 0 Å². The van der Waals surface area contributed by atoms with Gasteiger partial charge >= 0.3 is 0 Å². The molecule has 17 heavy (non-hydrogen) atoms. The normalized spacial score (nSPS) is 8.29. The van der Waals surface area contributed by atoms with Gasteiger partial charge in [-0.15, -0.1) is 0 Å². The molecule has 2 heterocycles. The fourth-order valence-electron chi connectivity index (χ4n) is 1.26. The lowest BCUT2D eigenvalue weighted by Gasteiger charge is -2.01. The van der Waals surface area contributed by atoms with Crippen LogP contribution in [0.3, 0.4) is 0 Å². The summed E-state index contributed by atoms with van der Waals surface area (Å²) in [5, 5.41) is 0. The summed E-state index contributed by atoms with van der Waals surface area (Å²) in [5.41, 5.74) is 3.05. The average Bonchev–Trinajstić information content (AvgIpc) is 2.45. The Morgan fingerprint density at radius 2 is 1.41 bits per heavy atom. The molecule has 2 aromatic rings. The van der Waals surface area contributed by atoms with E-state index in [1.54, 1.807) is 12.4 Å². The van der Waals surface area contributed by atoms with Crippen molar-refractivity contribution in [2.45, 2.75) is 34.6 Å². The summed E-state index contributed by atoms with van der Waals surface area (Å²) >= 11 is 0. The fraction of sp³-hybridized carbons (Fsp3) is 0.333. The first kappa shape index (κ1) is 15.3. The Kier molecular flexibility index (Phi) is 8.57. The topological polar surface area (TPSA) is 25.8 Å². The smallest absolute Gasteiger partial charge is 0.0915 e. The highest BCUT2D eigenvalue weighted by Gasteiger charge is 2.01. The molecule has 0 fully saturated rings. The van der Waals surface area contributed by atoms with Gasteiger partial charge in [-0.2, -0.15) is 0 Å². The molecule has 0 atom stereocenters. The summed E-state index contributed by atoms with van der Waals surface area (Å²) < 4.78 is 0. The van der Waals surface area contributed by atoms with E-state index < -0.39 is 0 Å². The van der Waals surface area contributed by atoms with E-state index in [-0.39, 0.29) is 0 Å². The van der Waals surface area contributed by atoms with Gasteiger partial charge in [-0.1, -0.05) is 39.8 Å². The Bertz CT molecular complexity index is 397. The molecule has 2 heteroatoms. The molecule has 0 unspecified atom stereocenters. The van der Waals surface area contributed by atoms with Crippen LogP contribution in [0.15, 0.2) is 42.7 Å². The van der Waals surface area contributed by atoms with Gasteiger partial charge in [-0.05, 0) is 30.7 Å². The SMILES string of the molecule is CC.CC.Cc1cccnc1-c1ccccn1. The van der Waals surface area contributed by atoms with E-state index in [1.807, 2.05) is 65.0 Å². The standard InChI is InChI=1S/C11H10N2.2C2H6/c1-9-5-4-8-13-11(9)10-6-2-3-7-12-10;2*1-2/h2-8H,1H3;2*1-2H3. The molecule has 2 nitrogen and oxygen atoms in total. The first-order valence-electron chi connectivity index (χ1n) is 6.21. The van der Waals surface area contributed by atoms with Crippen LogP contribution in [0.5, 0.6) is 0 Å². The van der Waals surface area contributed by atoms with E-state index in [0.717, 1.165) is 17.0 Å². The van der Waals surface area contributed by atoms with Crippen molar-refractivity contribution >= 4 is 0 Å². The monoisotopic (exact) mass is 230 g/mol. The summed E-state index contributed by atoms with van der Waals surface area (Å²) in [7, 11) is 0. The largest absolute Gasteiger partial charge is 0.255 e. The molecule has 0 aliphatic heterocycles. The summed E-state index contributed by atoms with van der Waals surface area (Å²) in [4.78, 5) is 8.53. The molecule has 0 radical (unpaired) electrons. The van der Waals surface area contributed by atoms with E-state index in [9.17, 15) is 0 Å². The van der Waals surface area contributed by atoms with Gasteiger partial charge in [-0.3, -0.25) is 9.97 Å². The molecular weight excluding hydrogens is 208 g/mol. The first-order valence-corrected chi connectivity index (χ1v) is 6.21. The lowest BCUT2D eigenvalue weighted by Crippen LogP contribution is -1.88. The quantitative estimate of drug-likeness (QED) is 0.720. The van der Waals surface area contributed by atoms with Crippen LogP contribution in [0.4, 0.5) is 0 Å². The second-order valence-electron chi connectivity index (χ2n) is 2.88. The molecule has 0 saturated carbocycles. The summed E-state index contributed by atoms with van der Waals surface area (Å²) in [6, 6.07) is 9.81. The lowest BCUT2D eigenvalue weighted by molar-refractivity contribution is 1.21. The van der Waals surface area contributed by atoms with Crippen LogP contribution in [0.1, 0.15) is 33.3 Å². The van der Waals surface area contributed by atoms with Crippen LogP contribution in [0.25, 0.3) is 11.4 Å². The third-order valence-electron chi connectivity index (χ3n) is 1.92. The van der Waals surface area contributed by atoms with Gasteiger partial charge in [0.05, 0.1) is 11.4 Å². The highest BCUT2D eigenvalue weighted by Crippen LogP contribution is 2.16. The zero-order chi connectivity index (χ0) is 13.1.